The van der Waals surface area contributed by atoms with Crippen LogP contribution >= 0.6 is 11.6 Å². The Morgan fingerprint density at radius 2 is 2.24 bits per heavy atom. The summed E-state index contributed by atoms with van der Waals surface area (Å²) in [5.41, 5.74) is 0.924. The number of hydrogen-bond acceptors (Lipinski definition) is 4. The van der Waals surface area contributed by atoms with Gasteiger partial charge in [-0.25, -0.2) is 12.7 Å². The predicted molar refractivity (Wildman–Crippen MR) is 85.6 cm³/mol. The minimum absolute atomic E-state index is 0.315. The molecule has 1 N–H and O–H groups in total. The van der Waals surface area contributed by atoms with E-state index in [1.165, 1.54) is 6.26 Å². The average molecular weight is 333 g/mol. The lowest BCUT2D eigenvalue weighted by Crippen LogP contribution is -2.41. The molecule has 1 aromatic rings. The van der Waals surface area contributed by atoms with Gasteiger partial charge in [0.15, 0.2) is 0 Å². The van der Waals surface area contributed by atoms with E-state index in [0.717, 1.165) is 25.1 Å². The van der Waals surface area contributed by atoms with E-state index in [-0.39, 0.29) is 0 Å². The van der Waals surface area contributed by atoms with Gasteiger partial charge in [-0.3, -0.25) is 0 Å². The van der Waals surface area contributed by atoms with Gasteiger partial charge in [0.25, 0.3) is 0 Å². The van der Waals surface area contributed by atoms with Crippen LogP contribution in [-0.4, -0.2) is 45.7 Å². The van der Waals surface area contributed by atoms with E-state index in [9.17, 15) is 8.42 Å². The van der Waals surface area contributed by atoms with Crippen LogP contribution in [0.2, 0.25) is 5.02 Å². The van der Waals surface area contributed by atoms with E-state index in [0.29, 0.717) is 29.8 Å². The van der Waals surface area contributed by atoms with Gasteiger partial charge in [-0.05, 0) is 30.9 Å². The summed E-state index contributed by atoms with van der Waals surface area (Å²) in [7, 11) is -1.51. The number of benzene rings is 1. The molecule has 0 amide bonds. The summed E-state index contributed by atoms with van der Waals surface area (Å²) in [6, 6.07) is 5.52. The van der Waals surface area contributed by atoms with Gasteiger partial charge in [-0.1, -0.05) is 11.6 Å². The SMILES string of the molecule is COc1cc(NCC2CCCN(S(C)(=O)=O)C2)ccc1Cl. The lowest BCUT2D eigenvalue weighted by Gasteiger charge is -2.31. The molecule has 5 nitrogen and oxygen atoms in total. The number of anilines is 1. The first kappa shape index (κ1) is 16.4. The molecule has 1 atom stereocenters. The van der Waals surface area contributed by atoms with Gasteiger partial charge in [0.1, 0.15) is 5.75 Å². The fraction of sp³-hybridized carbons (Fsp3) is 0.571. The molecule has 1 unspecified atom stereocenters. The van der Waals surface area contributed by atoms with Gasteiger partial charge in [0.05, 0.1) is 18.4 Å². The summed E-state index contributed by atoms with van der Waals surface area (Å²) in [4.78, 5) is 0. The van der Waals surface area contributed by atoms with Gasteiger partial charge in [0, 0.05) is 31.4 Å². The highest BCUT2D eigenvalue weighted by molar-refractivity contribution is 7.88. The van der Waals surface area contributed by atoms with Crippen LogP contribution in [0.1, 0.15) is 12.8 Å². The van der Waals surface area contributed by atoms with Gasteiger partial charge in [0.2, 0.25) is 10.0 Å². The van der Waals surface area contributed by atoms with Crippen molar-refractivity contribution >= 4 is 27.3 Å². The molecule has 0 aliphatic carbocycles. The first-order valence-electron chi connectivity index (χ1n) is 6.92. The van der Waals surface area contributed by atoms with Crippen LogP contribution in [0.5, 0.6) is 5.75 Å². The molecule has 0 aromatic heterocycles. The number of methoxy groups -OCH3 is 1. The van der Waals surface area contributed by atoms with Crippen molar-refractivity contribution in [3.63, 3.8) is 0 Å². The van der Waals surface area contributed by atoms with Gasteiger partial charge in [-0.2, -0.15) is 0 Å². The van der Waals surface area contributed by atoms with Crippen molar-refractivity contribution in [2.45, 2.75) is 12.8 Å². The molecular formula is C14H21ClN2O3S. The summed E-state index contributed by atoms with van der Waals surface area (Å²) in [5, 5.41) is 3.90. The zero-order valence-electron chi connectivity index (χ0n) is 12.3. The second-order valence-electron chi connectivity index (χ2n) is 5.36. The van der Waals surface area contributed by atoms with Crippen LogP contribution in [0.3, 0.4) is 0 Å². The molecule has 1 aromatic carbocycles. The predicted octanol–water partition coefficient (Wildman–Crippen LogP) is 2.43. The third-order valence-corrected chi connectivity index (χ3v) is 5.28. The third-order valence-electron chi connectivity index (χ3n) is 3.70. The molecule has 118 valence electrons. The van der Waals surface area contributed by atoms with Crippen molar-refractivity contribution < 1.29 is 13.2 Å². The first-order valence-corrected chi connectivity index (χ1v) is 9.15. The normalized spacial score (nSPS) is 20.2. The minimum atomic E-state index is -3.09. The van der Waals surface area contributed by atoms with Crippen molar-refractivity contribution in [2.24, 2.45) is 5.92 Å². The zero-order valence-corrected chi connectivity index (χ0v) is 13.9. The maximum Gasteiger partial charge on any atom is 0.211 e. The zero-order chi connectivity index (χ0) is 15.5. The second kappa shape index (κ2) is 6.85. The van der Waals surface area contributed by atoms with Crippen LogP contribution in [0.15, 0.2) is 18.2 Å². The van der Waals surface area contributed by atoms with Crippen LogP contribution in [0, 0.1) is 5.92 Å². The van der Waals surface area contributed by atoms with E-state index >= 15 is 0 Å². The van der Waals surface area contributed by atoms with Gasteiger partial charge >= 0.3 is 0 Å². The lowest BCUT2D eigenvalue weighted by atomic mass is 9.99. The molecule has 0 spiro atoms. The molecular weight excluding hydrogens is 312 g/mol. The van der Waals surface area contributed by atoms with Crippen molar-refractivity contribution in [3.05, 3.63) is 23.2 Å². The van der Waals surface area contributed by atoms with E-state index in [2.05, 4.69) is 5.32 Å². The average Bonchev–Trinajstić information content (AvgIpc) is 2.46. The Morgan fingerprint density at radius 3 is 2.90 bits per heavy atom. The molecule has 0 radical (unpaired) electrons. The van der Waals surface area contributed by atoms with Gasteiger partial charge < -0.3 is 10.1 Å². The van der Waals surface area contributed by atoms with Gasteiger partial charge in [-0.15, -0.1) is 0 Å². The van der Waals surface area contributed by atoms with E-state index in [1.54, 1.807) is 17.5 Å². The molecule has 1 fully saturated rings. The largest absolute Gasteiger partial charge is 0.495 e. The fourth-order valence-corrected chi connectivity index (χ4v) is 3.66. The Balaban J connectivity index is 1.94. The molecule has 1 heterocycles. The van der Waals surface area contributed by atoms with Crippen LogP contribution < -0.4 is 10.1 Å². The summed E-state index contributed by atoms with van der Waals surface area (Å²) in [6.45, 7) is 1.94. The van der Waals surface area contributed by atoms with Crippen LogP contribution in [-0.2, 0) is 10.0 Å². The highest BCUT2D eigenvalue weighted by Gasteiger charge is 2.25. The van der Waals surface area contributed by atoms with Crippen molar-refractivity contribution in [1.29, 1.82) is 0 Å². The fourth-order valence-electron chi connectivity index (χ4n) is 2.53. The minimum Gasteiger partial charge on any atom is -0.495 e. The molecule has 1 aliphatic heterocycles. The van der Waals surface area contributed by atoms with Crippen LogP contribution in [0.25, 0.3) is 0 Å². The molecule has 0 saturated carbocycles. The standard InChI is InChI=1S/C14H21ClN2O3S/c1-20-14-8-12(5-6-13(14)15)16-9-11-4-3-7-17(10-11)21(2,18)19/h5-6,8,11,16H,3-4,7,9-10H2,1-2H3. The van der Waals surface area contributed by atoms with Crippen molar-refractivity contribution in [3.8, 4) is 5.75 Å². The monoisotopic (exact) mass is 332 g/mol. The van der Waals surface area contributed by atoms with Crippen molar-refractivity contribution in [2.75, 3.05) is 38.3 Å². The second-order valence-corrected chi connectivity index (χ2v) is 7.75. The maximum absolute atomic E-state index is 11.6. The molecule has 21 heavy (non-hydrogen) atoms. The Hall–Kier alpha value is -0.980. The summed E-state index contributed by atoms with van der Waals surface area (Å²) < 4.78 is 29.9. The molecule has 7 heteroatoms. The molecule has 2 rings (SSSR count). The Labute approximate surface area is 131 Å². The topological polar surface area (TPSA) is 58.6 Å². The highest BCUT2D eigenvalue weighted by Crippen LogP contribution is 2.28. The Kier molecular flexibility index (Phi) is 5.35. The number of hydrogen-bond donors (Lipinski definition) is 1. The quantitative estimate of drug-likeness (QED) is 0.899. The molecule has 0 bridgehead atoms. The smallest absolute Gasteiger partial charge is 0.211 e. The highest BCUT2D eigenvalue weighted by atomic mass is 35.5. The number of nitrogens with zero attached hydrogens (tertiary/aromatic N) is 1. The summed E-state index contributed by atoms with van der Waals surface area (Å²) in [5.74, 6) is 0.943. The lowest BCUT2D eigenvalue weighted by molar-refractivity contribution is 0.277. The molecule has 1 saturated heterocycles. The number of piperidine rings is 1. The number of ether oxygens (including phenoxy) is 1. The maximum atomic E-state index is 11.6. The number of halogens is 1. The van der Waals surface area contributed by atoms with E-state index in [1.807, 2.05) is 12.1 Å². The third kappa shape index (κ3) is 4.49. The molecule has 1 aliphatic rings. The Morgan fingerprint density at radius 1 is 1.48 bits per heavy atom. The number of rotatable bonds is 5. The number of sulfonamides is 1. The van der Waals surface area contributed by atoms with Crippen molar-refractivity contribution in [1.82, 2.24) is 4.31 Å². The first-order chi connectivity index (χ1) is 9.90. The van der Waals surface area contributed by atoms with Crippen LogP contribution in [0.4, 0.5) is 5.69 Å². The summed E-state index contributed by atoms with van der Waals surface area (Å²) in [6.07, 6.45) is 3.21. The van der Waals surface area contributed by atoms with E-state index in [4.69, 9.17) is 16.3 Å². The Bertz CT molecular complexity index is 592. The number of nitrogens with one attached hydrogen (secondary N) is 1. The van der Waals surface area contributed by atoms with E-state index < -0.39 is 10.0 Å². The summed E-state index contributed by atoms with van der Waals surface area (Å²) >= 11 is 5.99.